The van der Waals surface area contributed by atoms with Gasteiger partial charge in [0, 0.05) is 50.0 Å². The van der Waals surface area contributed by atoms with Crippen molar-refractivity contribution in [3.63, 3.8) is 0 Å². The second-order valence-corrected chi connectivity index (χ2v) is 8.14. The fourth-order valence-electron chi connectivity index (χ4n) is 4.33. The summed E-state index contributed by atoms with van der Waals surface area (Å²) < 4.78 is 40.8. The van der Waals surface area contributed by atoms with Crippen LogP contribution >= 0.6 is 0 Å². The number of nitrogens with one attached hydrogen (secondary N) is 1. The number of ketones is 1. The molecule has 2 aliphatic rings. The fraction of sp³-hybridized carbons (Fsp3) is 0.591. The molecule has 30 heavy (non-hydrogen) atoms. The number of hydrogen-bond donors (Lipinski definition) is 1. The van der Waals surface area contributed by atoms with Crippen LogP contribution in [0.2, 0.25) is 0 Å². The molecule has 8 heteroatoms. The molecule has 0 unspecified atom stereocenters. The van der Waals surface area contributed by atoms with Gasteiger partial charge in [0.1, 0.15) is 17.5 Å². The first kappa shape index (κ1) is 22.3. The molecule has 1 aliphatic heterocycles. The summed E-state index contributed by atoms with van der Waals surface area (Å²) in [7, 11) is 0. The average Bonchev–Trinajstić information content (AvgIpc) is 2.73. The van der Waals surface area contributed by atoms with Crippen molar-refractivity contribution in [2.24, 2.45) is 11.8 Å². The lowest BCUT2D eigenvalue weighted by Gasteiger charge is -2.31. The molecule has 1 saturated heterocycles. The number of carbonyl (C=O) groups is 3. The van der Waals surface area contributed by atoms with Crippen LogP contribution in [0.3, 0.4) is 0 Å². The van der Waals surface area contributed by atoms with Gasteiger partial charge in [0.25, 0.3) is 0 Å². The zero-order valence-electron chi connectivity index (χ0n) is 16.9. The van der Waals surface area contributed by atoms with E-state index in [1.54, 1.807) is 4.90 Å². The number of carbonyl (C=O) groups excluding carboxylic acids is 3. The molecule has 0 bridgehead atoms. The summed E-state index contributed by atoms with van der Waals surface area (Å²) in [4.78, 5) is 38.6. The van der Waals surface area contributed by atoms with Crippen LogP contribution in [0.25, 0.3) is 0 Å². The minimum atomic E-state index is -1.20. The third-order valence-corrected chi connectivity index (χ3v) is 6.09. The van der Waals surface area contributed by atoms with Crippen LogP contribution in [0.4, 0.5) is 13.2 Å². The van der Waals surface area contributed by atoms with Gasteiger partial charge in [0.2, 0.25) is 11.8 Å². The Morgan fingerprint density at radius 2 is 1.50 bits per heavy atom. The number of benzene rings is 1. The molecule has 1 saturated carbocycles. The molecular formula is C22H27F3N2O3. The highest BCUT2D eigenvalue weighted by Gasteiger charge is 2.31. The molecule has 1 aromatic carbocycles. The molecule has 1 aliphatic carbocycles. The van der Waals surface area contributed by atoms with Gasteiger partial charge in [-0.05, 0) is 25.7 Å². The van der Waals surface area contributed by atoms with Gasteiger partial charge in [-0.3, -0.25) is 14.4 Å². The van der Waals surface area contributed by atoms with Gasteiger partial charge in [0.15, 0.2) is 5.78 Å². The maximum Gasteiger partial charge on any atom is 0.224 e. The highest BCUT2D eigenvalue weighted by molar-refractivity contribution is 5.98. The molecule has 0 spiro atoms. The van der Waals surface area contributed by atoms with Crippen LogP contribution in [0, 0.1) is 29.3 Å². The molecule has 1 N–H and O–H groups in total. The monoisotopic (exact) mass is 424 g/mol. The number of Topliss-reactive ketones (excluding diaryl/α,β-unsaturated/α-hetero) is 1. The van der Waals surface area contributed by atoms with Crippen molar-refractivity contribution in [3.05, 3.63) is 35.1 Å². The van der Waals surface area contributed by atoms with Gasteiger partial charge in [-0.2, -0.15) is 0 Å². The first-order valence-electron chi connectivity index (χ1n) is 10.6. The molecule has 0 radical (unpaired) electrons. The van der Waals surface area contributed by atoms with E-state index in [4.69, 9.17) is 0 Å². The van der Waals surface area contributed by atoms with Crippen molar-refractivity contribution in [3.8, 4) is 0 Å². The molecule has 2 fully saturated rings. The molecule has 164 valence electrons. The third-order valence-electron chi connectivity index (χ3n) is 6.09. The van der Waals surface area contributed by atoms with Gasteiger partial charge in [-0.15, -0.1) is 0 Å². The normalized spacial score (nSPS) is 18.3. The van der Waals surface area contributed by atoms with Crippen LogP contribution in [0.15, 0.2) is 12.1 Å². The maximum atomic E-state index is 13.9. The second-order valence-electron chi connectivity index (χ2n) is 8.14. The molecule has 0 atom stereocenters. The average molecular weight is 424 g/mol. The standard InChI is InChI=1S/C22H27F3N2O3/c23-16-12-17(24)20(18(25)13-16)21(29)14-7-10-27(11-8-14)19(28)6-9-26-22(30)15-4-2-1-3-5-15/h12-15H,1-11H2,(H,26,30). The lowest BCUT2D eigenvalue weighted by molar-refractivity contribution is -0.132. The third kappa shape index (κ3) is 5.40. The van der Waals surface area contributed by atoms with Crippen LogP contribution in [0.1, 0.15) is 61.7 Å². The number of rotatable bonds is 6. The van der Waals surface area contributed by atoms with Gasteiger partial charge < -0.3 is 10.2 Å². The Bertz CT molecular complexity index is 778. The minimum absolute atomic E-state index is 0.00940. The van der Waals surface area contributed by atoms with Crippen LogP contribution < -0.4 is 5.32 Å². The topological polar surface area (TPSA) is 66.5 Å². The Morgan fingerprint density at radius 1 is 0.900 bits per heavy atom. The van der Waals surface area contributed by atoms with Crippen LogP contribution in [-0.2, 0) is 9.59 Å². The van der Waals surface area contributed by atoms with Crippen molar-refractivity contribution in [1.82, 2.24) is 10.2 Å². The Labute approximate surface area is 174 Å². The highest BCUT2D eigenvalue weighted by Crippen LogP contribution is 2.26. The molecule has 1 heterocycles. The quantitative estimate of drug-likeness (QED) is 0.710. The van der Waals surface area contributed by atoms with Crippen molar-refractivity contribution in [2.75, 3.05) is 19.6 Å². The number of likely N-dealkylation sites (tertiary alicyclic amines) is 1. The number of halogens is 3. The van der Waals surface area contributed by atoms with E-state index >= 15 is 0 Å². The molecule has 1 aromatic rings. The summed E-state index contributed by atoms with van der Waals surface area (Å²) >= 11 is 0. The number of amides is 2. The molecule has 5 nitrogen and oxygen atoms in total. The smallest absolute Gasteiger partial charge is 0.224 e. The largest absolute Gasteiger partial charge is 0.355 e. The fourth-order valence-corrected chi connectivity index (χ4v) is 4.33. The summed E-state index contributed by atoms with van der Waals surface area (Å²) in [6, 6.07) is 0.993. The summed E-state index contributed by atoms with van der Waals surface area (Å²) in [5.74, 6) is -4.86. The molecule has 0 aromatic heterocycles. The Kier molecular flexibility index (Phi) is 7.50. The van der Waals surface area contributed by atoms with Crippen LogP contribution in [0.5, 0.6) is 0 Å². The zero-order valence-corrected chi connectivity index (χ0v) is 16.9. The van der Waals surface area contributed by atoms with E-state index in [1.807, 2.05) is 0 Å². The minimum Gasteiger partial charge on any atom is -0.355 e. The van der Waals surface area contributed by atoms with Crippen molar-refractivity contribution in [1.29, 1.82) is 0 Å². The van der Waals surface area contributed by atoms with E-state index in [-0.39, 0.29) is 43.5 Å². The summed E-state index contributed by atoms with van der Waals surface area (Å²) in [5.41, 5.74) is -0.716. The summed E-state index contributed by atoms with van der Waals surface area (Å²) in [6.45, 7) is 0.880. The van der Waals surface area contributed by atoms with Crippen LogP contribution in [-0.4, -0.2) is 42.1 Å². The lowest BCUT2D eigenvalue weighted by Crippen LogP contribution is -2.42. The SMILES string of the molecule is O=C(NCCC(=O)N1CCC(C(=O)c2c(F)cc(F)cc2F)CC1)C1CCCCC1. The predicted molar refractivity (Wildman–Crippen MR) is 104 cm³/mol. The van der Waals surface area contributed by atoms with Crippen molar-refractivity contribution in [2.45, 2.75) is 51.4 Å². The Morgan fingerprint density at radius 3 is 2.10 bits per heavy atom. The number of piperidine rings is 1. The summed E-state index contributed by atoms with van der Waals surface area (Å²) in [6.07, 6.45) is 5.85. The van der Waals surface area contributed by atoms with E-state index in [9.17, 15) is 27.6 Å². The van der Waals surface area contributed by atoms with Gasteiger partial charge in [-0.25, -0.2) is 13.2 Å². The van der Waals surface area contributed by atoms with Crippen molar-refractivity contribution >= 4 is 17.6 Å². The molecule has 3 rings (SSSR count). The lowest BCUT2D eigenvalue weighted by atomic mass is 9.88. The highest BCUT2D eigenvalue weighted by atomic mass is 19.1. The van der Waals surface area contributed by atoms with E-state index in [2.05, 4.69) is 5.32 Å². The number of nitrogens with zero attached hydrogens (tertiary/aromatic N) is 1. The number of hydrogen-bond acceptors (Lipinski definition) is 3. The Balaban J connectivity index is 1.44. The van der Waals surface area contributed by atoms with E-state index < -0.39 is 34.7 Å². The first-order valence-corrected chi connectivity index (χ1v) is 10.6. The first-order chi connectivity index (χ1) is 14.4. The van der Waals surface area contributed by atoms with E-state index in [0.29, 0.717) is 25.2 Å². The van der Waals surface area contributed by atoms with Gasteiger partial charge >= 0.3 is 0 Å². The predicted octanol–water partition coefficient (Wildman–Crippen LogP) is 3.61. The van der Waals surface area contributed by atoms with E-state index in [1.165, 1.54) is 6.42 Å². The molecular weight excluding hydrogens is 397 g/mol. The van der Waals surface area contributed by atoms with E-state index in [0.717, 1.165) is 25.7 Å². The molecule has 2 amide bonds. The zero-order chi connectivity index (χ0) is 21.7. The van der Waals surface area contributed by atoms with Gasteiger partial charge in [-0.1, -0.05) is 19.3 Å². The van der Waals surface area contributed by atoms with Crippen molar-refractivity contribution < 1.29 is 27.6 Å². The maximum absolute atomic E-state index is 13.9. The second kappa shape index (κ2) is 10.1. The van der Waals surface area contributed by atoms with Gasteiger partial charge in [0.05, 0.1) is 5.56 Å². The summed E-state index contributed by atoms with van der Waals surface area (Å²) in [5, 5.41) is 2.83. The Hall–Kier alpha value is -2.38.